The van der Waals surface area contributed by atoms with Gasteiger partial charge in [-0.15, -0.1) is 20.7 Å². The maximum atomic E-state index is 15.4. The number of nitrogens with one attached hydrogen (secondary N) is 1. The van der Waals surface area contributed by atoms with E-state index in [9.17, 15) is 9.90 Å². The summed E-state index contributed by atoms with van der Waals surface area (Å²) in [7, 11) is 0. The number of allylic oxidation sites excluding steroid dienone is 4. The smallest absolute Gasteiger partial charge is 0.319 e. The van der Waals surface area contributed by atoms with Crippen LogP contribution in [-0.2, 0) is 6.42 Å². The van der Waals surface area contributed by atoms with Gasteiger partial charge in [0.25, 0.3) is 0 Å². The summed E-state index contributed by atoms with van der Waals surface area (Å²) in [6.07, 6.45) is 10.4. The molecule has 3 unspecified atom stereocenters. The summed E-state index contributed by atoms with van der Waals surface area (Å²) < 4.78 is 23.2. The van der Waals surface area contributed by atoms with Crippen molar-refractivity contribution in [2.24, 2.45) is 5.92 Å². The number of aliphatic hydroxyl groups is 1. The predicted octanol–water partition coefficient (Wildman–Crippen LogP) is 7.30. The molecule has 10 heteroatoms. The Balaban J connectivity index is 1.44. The Labute approximate surface area is 304 Å². The van der Waals surface area contributed by atoms with Crippen molar-refractivity contribution in [3.8, 4) is 6.01 Å². The maximum absolute atomic E-state index is 15.4. The predicted molar refractivity (Wildman–Crippen MR) is 211 cm³/mol. The number of alkyl halides is 1. The van der Waals surface area contributed by atoms with Crippen LogP contribution in [0.1, 0.15) is 88.7 Å². The largest absolute Gasteiger partial charge is 0.461 e. The van der Waals surface area contributed by atoms with Crippen molar-refractivity contribution in [3.05, 3.63) is 75.6 Å². The van der Waals surface area contributed by atoms with E-state index in [1.807, 2.05) is 13.8 Å². The van der Waals surface area contributed by atoms with E-state index in [1.165, 1.54) is 6.07 Å². The number of rotatable bonds is 8. The molecule has 5 heterocycles. The van der Waals surface area contributed by atoms with E-state index in [1.54, 1.807) is 12.1 Å². The molecule has 8 nitrogen and oxygen atoms in total. The van der Waals surface area contributed by atoms with Crippen LogP contribution in [0.15, 0.2) is 41.7 Å². The van der Waals surface area contributed by atoms with Crippen molar-refractivity contribution >= 4 is 57.5 Å². The van der Waals surface area contributed by atoms with E-state index in [4.69, 9.17) is 14.7 Å². The lowest BCUT2D eigenvalue weighted by molar-refractivity contribution is 0.0446. The maximum Gasteiger partial charge on any atom is 0.319 e. The van der Waals surface area contributed by atoms with Gasteiger partial charge in [0.2, 0.25) is 5.56 Å². The van der Waals surface area contributed by atoms with Crippen LogP contribution in [0.25, 0.3) is 27.5 Å². The average Bonchev–Trinajstić information content (AvgIpc) is 3.63. The first-order valence-electron chi connectivity index (χ1n) is 18.1. The molecule has 2 aromatic heterocycles. The number of nitrogens with zero attached hydrogens (tertiary/aromatic N) is 4. The van der Waals surface area contributed by atoms with Gasteiger partial charge in [0.1, 0.15) is 18.2 Å². The Morgan fingerprint density at radius 3 is 2.72 bits per heavy atom. The number of aromatic nitrogens is 3. The Kier molecular flexibility index (Phi) is 9.66. The molecule has 2 N–H and O–H groups in total. The van der Waals surface area contributed by atoms with E-state index < -0.39 is 26.3 Å². The zero-order chi connectivity index (χ0) is 35.4. The highest BCUT2D eigenvalue weighted by Gasteiger charge is 2.48. The van der Waals surface area contributed by atoms with Crippen molar-refractivity contribution in [2.75, 3.05) is 42.6 Å². The second-order valence-corrected chi connectivity index (χ2v) is 16.8. The van der Waals surface area contributed by atoms with Crippen molar-refractivity contribution in [2.45, 2.75) is 83.8 Å². The quantitative estimate of drug-likeness (QED) is 0.141. The van der Waals surface area contributed by atoms with E-state index in [-0.39, 0.29) is 16.9 Å². The van der Waals surface area contributed by atoms with Gasteiger partial charge < -0.3 is 19.7 Å². The number of hydrogen-bond acceptors (Lipinski definition) is 7. The van der Waals surface area contributed by atoms with Crippen LogP contribution in [0, 0.1) is 11.7 Å². The van der Waals surface area contributed by atoms with Gasteiger partial charge in [0, 0.05) is 40.2 Å². The number of pyridine rings is 1. The van der Waals surface area contributed by atoms with Crippen LogP contribution < -0.4 is 15.2 Å². The van der Waals surface area contributed by atoms with Crippen molar-refractivity contribution in [3.63, 3.8) is 0 Å². The van der Waals surface area contributed by atoms with Gasteiger partial charge in [-0.25, -0.2) is 4.39 Å². The summed E-state index contributed by atoms with van der Waals surface area (Å²) in [6, 6.07) is 5.03. The van der Waals surface area contributed by atoms with Gasteiger partial charge in [-0.2, -0.15) is 9.97 Å². The number of H-pyrrole nitrogens is 1. The molecule has 0 bridgehead atoms. The topological polar surface area (TPSA) is 94.6 Å². The molecule has 266 valence electrons. The highest BCUT2D eigenvalue weighted by molar-refractivity contribution is 14.2. The Morgan fingerprint density at radius 1 is 1.20 bits per heavy atom. The second kappa shape index (κ2) is 13.7. The SMILES string of the molecule is C=C1C(=IC)C(c2[nH]c(=O)cc3ccc(F)c(CC)c23)=C(CC)c2nc(OCC34CCCN3CC(/C=C/C)C4)nc(N3CCCC(C)(O)C3)c21. The molecule has 0 amide bonds. The first kappa shape index (κ1) is 35.2. The van der Waals surface area contributed by atoms with Gasteiger partial charge in [0.15, 0.2) is 0 Å². The number of hydrogen-bond donors (Lipinski definition) is 2. The van der Waals surface area contributed by atoms with Crippen LogP contribution in [0.4, 0.5) is 10.2 Å². The fourth-order valence-electron chi connectivity index (χ4n) is 9.06. The lowest BCUT2D eigenvalue weighted by Crippen LogP contribution is -2.47. The molecule has 3 aliphatic heterocycles. The van der Waals surface area contributed by atoms with Gasteiger partial charge in [-0.1, -0.05) is 38.6 Å². The van der Waals surface area contributed by atoms with Gasteiger partial charge in [-0.3, -0.25) is 9.69 Å². The van der Waals surface area contributed by atoms with Gasteiger partial charge >= 0.3 is 6.01 Å². The number of aromatic amines is 1. The minimum atomic E-state index is -0.857. The number of piperidine rings is 1. The number of halogens is 2. The third-order valence-electron chi connectivity index (χ3n) is 11.2. The summed E-state index contributed by atoms with van der Waals surface area (Å²) in [5.41, 5.74) is 4.37. The number of anilines is 1. The van der Waals surface area contributed by atoms with E-state index >= 15 is 4.39 Å². The molecule has 7 rings (SSSR count). The second-order valence-electron chi connectivity index (χ2n) is 14.7. The lowest BCUT2D eigenvalue weighted by atomic mass is 9.81. The minimum absolute atomic E-state index is 0.0484. The molecule has 3 atom stereocenters. The molecule has 3 aromatic rings. The minimum Gasteiger partial charge on any atom is -0.461 e. The van der Waals surface area contributed by atoms with E-state index in [2.05, 4.69) is 52.3 Å². The highest BCUT2D eigenvalue weighted by Crippen LogP contribution is 2.48. The molecule has 0 radical (unpaired) electrons. The number of β-amino-alcohol motifs (C(OH)–C–C–N with tert-alkyl or cyclic N) is 1. The first-order valence-corrected chi connectivity index (χ1v) is 21.3. The van der Waals surface area contributed by atoms with Gasteiger partial charge in [0.05, 0.1) is 28.1 Å². The average molecular weight is 794 g/mol. The van der Waals surface area contributed by atoms with Crippen LogP contribution >= 0.6 is 20.7 Å². The van der Waals surface area contributed by atoms with Crippen molar-refractivity contribution < 1.29 is 14.2 Å². The standard InChI is InChI=1S/C40H49FIN5O3/c1-7-12-25-20-40(16-11-18-47(40)21-25)23-50-38-44-35-28(9-3)33(36-32-26(19-30(48)43-36)13-14-29(41)27(32)8-2)34(42-6)24(4)31(35)37(45-38)46-17-10-15-39(5,49)22-46/h7,12-14,19,25,49H,4,8-11,15-18,20-23H2,1-3,5-6H3,(H,43,48)/b12-7+. The van der Waals surface area contributed by atoms with E-state index in [0.717, 1.165) is 94.4 Å². The number of benzene rings is 1. The number of fused-ring (bicyclic) bond motifs is 3. The summed E-state index contributed by atoms with van der Waals surface area (Å²) in [6.45, 7) is 16.5. The fourth-order valence-corrected chi connectivity index (χ4v) is 11.1. The first-order chi connectivity index (χ1) is 24.0. The fraction of sp³-hybridized carbons (Fsp3) is 0.500. The summed E-state index contributed by atoms with van der Waals surface area (Å²) in [5, 5.41) is 12.7. The van der Waals surface area contributed by atoms with E-state index in [0.29, 0.717) is 54.6 Å². The van der Waals surface area contributed by atoms with Crippen LogP contribution in [-0.4, -0.2) is 77.3 Å². The molecule has 50 heavy (non-hydrogen) atoms. The summed E-state index contributed by atoms with van der Waals surface area (Å²) in [4.78, 5) is 33.7. The Bertz CT molecular complexity index is 2020. The molecular formula is C40H49FIN5O3. The van der Waals surface area contributed by atoms with Crippen LogP contribution in [0.5, 0.6) is 6.01 Å². The van der Waals surface area contributed by atoms with Gasteiger partial charge in [-0.05, 0) is 104 Å². The summed E-state index contributed by atoms with van der Waals surface area (Å²) in [5.74, 6) is 0.962. The molecule has 4 aliphatic rings. The normalized spacial score (nSPS) is 26.6. The van der Waals surface area contributed by atoms with Crippen LogP contribution in [0.3, 0.4) is 0 Å². The Hall–Kier alpha value is -3.22. The molecule has 3 saturated heterocycles. The number of ether oxygens (including phenoxy) is 1. The molecule has 3 fully saturated rings. The molecule has 1 aromatic carbocycles. The molecule has 1 aliphatic carbocycles. The lowest BCUT2D eigenvalue weighted by Gasteiger charge is -2.39. The summed E-state index contributed by atoms with van der Waals surface area (Å²) >= 11 is -0.578. The van der Waals surface area contributed by atoms with Crippen molar-refractivity contribution in [1.82, 2.24) is 19.9 Å². The molecular weight excluding hydrogens is 744 g/mol. The Morgan fingerprint density at radius 2 is 2.00 bits per heavy atom. The monoisotopic (exact) mass is 793 g/mol. The van der Waals surface area contributed by atoms with Crippen molar-refractivity contribution in [1.29, 1.82) is 0 Å². The third-order valence-corrected chi connectivity index (χ3v) is 13.5. The third kappa shape index (κ3) is 6.08. The van der Waals surface area contributed by atoms with Crippen LogP contribution in [0.2, 0.25) is 0 Å². The number of aryl methyl sites for hydroxylation is 1. The zero-order valence-electron chi connectivity index (χ0n) is 30.0. The zero-order valence-corrected chi connectivity index (χ0v) is 32.1. The molecule has 0 saturated carbocycles. The highest BCUT2D eigenvalue weighted by atomic mass is 127. The molecule has 0 spiro atoms.